The molecule has 1 amide bonds. The van der Waals surface area contributed by atoms with Crippen LogP contribution in [0.4, 0.5) is 23.2 Å². The number of anilines is 1. The number of amides is 1. The fourth-order valence-corrected chi connectivity index (χ4v) is 3.59. The van der Waals surface area contributed by atoms with Crippen molar-refractivity contribution >= 4 is 11.6 Å². The predicted octanol–water partition coefficient (Wildman–Crippen LogP) is 4.82. The molecule has 10 heteroatoms. The SMILES string of the molecule is NCc1cccc(-n2nc(C(F)(F)F)cc2C(=O)Nc2c(F)cccc2C(O)c2ccccc2)c1. The van der Waals surface area contributed by atoms with Crippen molar-refractivity contribution in [3.63, 3.8) is 0 Å². The average Bonchev–Trinajstić information content (AvgIpc) is 3.32. The molecular formula is C25H20F4N4O2. The maximum Gasteiger partial charge on any atom is 0.435 e. The molecule has 0 aliphatic heterocycles. The molecule has 0 radical (unpaired) electrons. The number of nitrogens with one attached hydrogen (secondary N) is 1. The summed E-state index contributed by atoms with van der Waals surface area (Å²) in [4.78, 5) is 13.2. The summed E-state index contributed by atoms with van der Waals surface area (Å²) in [6.45, 7) is 0.124. The molecule has 0 aliphatic rings. The number of nitrogens with two attached hydrogens (primary N) is 1. The Morgan fingerprint density at radius 3 is 2.43 bits per heavy atom. The lowest BCUT2D eigenvalue weighted by Crippen LogP contribution is -2.19. The van der Waals surface area contributed by atoms with Crippen molar-refractivity contribution in [3.8, 4) is 5.69 Å². The molecule has 4 aromatic rings. The number of carbonyl (C=O) groups excluding carboxylic acids is 1. The standard InChI is InChI=1S/C25H20F4N4O2/c26-19-11-5-10-18(23(34)16-7-2-1-3-8-16)22(19)31-24(35)20-13-21(25(27,28)29)32-33(20)17-9-4-6-15(12-17)14-30/h1-13,23,34H,14,30H2,(H,31,35). The molecule has 3 aromatic carbocycles. The van der Waals surface area contributed by atoms with Gasteiger partial charge < -0.3 is 16.2 Å². The van der Waals surface area contributed by atoms with E-state index in [-0.39, 0.29) is 23.5 Å². The second-order valence-electron chi connectivity index (χ2n) is 7.67. The first-order valence-corrected chi connectivity index (χ1v) is 10.5. The molecule has 0 saturated heterocycles. The molecule has 35 heavy (non-hydrogen) atoms. The number of para-hydroxylation sites is 1. The van der Waals surface area contributed by atoms with E-state index in [9.17, 15) is 27.5 Å². The molecule has 1 unspecified atom stereocenters. The second-order valence-corrected chi connectivity index (χ2v) is 7.67. The van der Waals surface area contributed by atoms with E-state index in [1.165, 1.54) is 24.3 Å². The van der Waals surface area contributed by atoms with Crippen molar-refractivity contribution in [1.82, 2.24) is 9.78 Å². The van der Waals surface area contributed by atoms with Crippen LogP contribution in [0.5, 0.6) is 0 Å². The van der Waals surface area contributed by atoms with Gasteiger partial charge in [0.25, 0.3) is 5.91 Å². The van der Waals surface area contributed by atoms with Crippen LogP contribution in [0.15, 0.2) is 78.9 Å². The van der Waals surface area contributed by atoms with Crippen LogP contribution >= 0.6 is 0 Å². The lowest BCUT2D eigenvalue weighted by Gasteiger charge is -2.17. The fraction of sp³-hybridized carbons (Fsp3) is 0.120. The smallest absolute Gasteiger partial charge is 0.384 e. The summed E-state index contributed by atoms with van der Waals surface area (Å²) in [5, 5.41) is 16.7. The maximum atomic E-state index is 14.8. The van der Waals surface area contributed by atoms with Gasteiger partial charge in [-0.05, 0) is 29.3 Å². The molecule has 1 heterocycles. The Morgan fingerprint density at radius 2 is 1.74 bits per heavy atom. The maximum absolute atomic E-state index is 14.8. The first kappa shape index (κ1) is 24.1. The van der Waals surface area contributed by atoms with Gasteiger partial charge in [0.2, 0.25) is 0 Å². The zero-order valence-corrected chi connectivity index (χ0v) is 18.1. The number of aromatic nitrogens is 2. The molecule has 1 aromatic heterocycles. The first-order chi connectivity index (χ1) is 16.7. The van der Waals surface area contributed by atoms with Crippen molar-refractivity contribution < 1.29 is 27.5 Å². The summed E-state index contributed by atoms with van der Waals surface area (Å²) in [6.07, 6.45) is -6.11. The van der Waals surface area contributed by atoms with Crippen LogP contribution in [0.25, 0.3) is 5.69 Å². The highest BCUT2D eigenvalue weighted by molar-refractivity contribution is 6.04. The summed E-state index contributed by atoms with van der Waals surface area (Å²) < 4.78 is 55.9. The first-order valence-electron chi connectivity index (χ1n) is 10.5. The fourth-order valence-electron chi connectivity index (χ4n) is 3.59. The van der Waals surface area contributed by atoms with Gasteiger partial charge in [-0.15, -0.1) is 0 Å². The molecule has 180 valence electrons. The minimum Gasteiger partial charge on any atom is -0.384 e. The summed E-state index contributed by atoms with van der Waals surface area (Å²) in [6, 6.07) is 19.0. The summed E-state index contributed by atoms with van der Waals surface area (Å²) >= 11 is 0. The van der Waals surface area contributed by atoms with Crippen LogP contribution < -0.4 is 11.1 Å². The third kappa shape index (κ3) is 5.08. The number of hydrogen-bond donors (Lipinski definition) is 3. The molecule has 4 N–H and O–H groups in total. The van der Waals surface area contributed by atoms with Crippen LogP contribution in [0.1, 0.15) is 39.0 Å². The van der Waals surface area contributed by atoms with E-state index in [1.807, 2.05) is 0 Å². The van der Waals surface area contributed by atoms with Crippen LogP contribution in [0.3, 0.4) is 0 Å². The number of rotatable bonds is 6. The van der Waals surface area contributed by atoms with Gasteiger partial charge >= 0.3 is 6.18 Å². The lowest BCUT2D eigenvalue weighted by atomic mass is 9.99. The number of benzene rings is 3. The third-order valence-electron chi connectivity index (χ3n) is 5.32. The van der Waals surface area contributed by atoms with E-state index in [0.29, 0.717) is 17.2 Å². The van der Waals surface area contributed by atoms with Crippen molar-refractivity contribution in [2.75, 3.05) is 5.32 Å². The van der Waals surface area contributed by atoms with Crippen LogP contribution in [-0.4, -0.2) is 20.8 Å². The lowest BCUT2D eigenvalue weighted by molar-refractivity contribution is -0.141. The van der Waals surface area contributed by atoms with Crippen molar-refractivity contribution in [1.29, 1.82) is 0 Å². The molecule has 6 nitrogen and oxygen atoms in total. The number of alkyl halides is 3. The van der Waals surface area contributed by atoms with E-state index in [2.05, 4.69) is 10.4 Å². The Kier molecular flexibility index (Phi) is 6.68. The zero-order chi connectivity index (χ0) is 25.2. The van der Waals surface area contributed by atoms with Gasteiger partial charge in [0.1, 0.15) is 17.6 Å². The largest absolute Gasteiger partial charge is 0.435 e. The molecule has 0 fully saturated rings. The van der Waals surface area contributed by atoms with E-state index in [0.717, 1.165) is 10.7 Å². The van der Waals surface area contributed by atoms with Crippen molar-refractivity contribution in [2.45, 2.75) is 18.8 Å². The van der Waals surface area contributed by atoms with E-state index < -0.39 is 35.4 Å². The van der Waals surface area contributed by atoms with Gasteiger partial charge in [0.15, 0.2) is 5.69 Å². The quantitative estimate of drug-likeness (QED) is 0.342. The van der Waals surface area contributed by atoms with Gasteiger partial charge in [-0.25, -0.2) is 9.07 Å². The molecule has 0 saturated carbocycles. The minimum atomic E-state index is -4.82. The van der Waals surface area contributed by atoms with Crippen LogP contribution in [-0.2, 0) is 12.7 Å². The summed E-state index contributed by atoms with van der Waals surface area (Å²) in [5.74, 6) is -1.91. The Balaban J connectivity index is 1.76. The van der Waals surface area contributed by atoms with E-state index >= 15 is 0 Å². The van der Waals surface area contributed by atoms with Gasteiger partial charge in [-0.1, -0.05) is 54.6 Å². The van der Waals surface area contributed by atoms with Gasteiger partial charge in [-0.3, -0.25) is 4.79 Å². The Morgan fingerprint density at radius 1 is 1.03 bits per heavy atom. The molecule has 1 atom stereocenters. The topological polar surface area (TPSA) is 93.2 Å². The Labute approximate surface area is 197 Å². The average molecular weight is 484 g/mol. The number of aliphatic hydroxyl groups excluding tert-OH is 1. The van der Waals surface area contributed by atoms with E-state index in [4.69, 9.17) is 5.73 Å². The number of halogens is 4. The summed E-state index contributed by atoms with van der Waals surface area (Å²) in [7, 11) is 0. The Bertz CT molecular complexity index is 1350. The van der Waals surface area contributed by atoms with Crippen molar-refractivity contribution in [3.05, 3.63) is 113 Å². The second kappa shape index (κ2) is 9.69. The minimum absolute atomic E-state index is 0.0387. The zero-order valence-electron chi connectivity index (χ0n) is 18.1. The van der Waals surface area contributed by atoms with Crippen LogP contribution in [0.2, 0.25) is 0 Å². The number of carbonyl (C=O) groups is 1. The van der Waals surface area contributed by atoms with Crippen LogP contribution in [0, 0.1) is 5.82 Å². The highest BCUT2D eigenvalue weighted by Gasteiger charge is 2.36. The monoisotopic (exact) mass is 484 g/mol. The molecule has 0 spiro atoms. The third-order valence-corrected chi connectivity index (χ3v) is 5.32. The molecule has 0 aliphatic carbocycles. The summed E-state index contributed by atoms with van der Waals surface area (Å²) in [5.41, 5.74) is 4.77. The normalized spacial score (nSPS) is 12.4. The molecule has 0 bridgehead atoms. The number of aliphatic hydroxyl groups is 1. The highest BCUT2D eigenvalue weighted by Crippen LogP contribution is 2.33. The number of hydrogen-bond acceptors (Lipinski definition) is 4. The number of nitrogens with zero attached hydrogens (tertiary/aromatic N) is 2. The van der Waals surface area contributed by atoms with E-state index in [1.54, 1.807) is 42.5 Å². The highest BCUT2D eigenvalue weighted by atomic mass is 19.4. The van der Waals surface area contributed by atoms with Gasteiger partial charge in [0, 0.05) is 18.2 Å². The molecular weight excluding hydrogens is 464 g/mol. The Hall–Kier alpha value is -4.02. The predicted molar refractivity (Wildman–Crippen MR) is 121 cm³/mol. The molecule has 4 rings (SSSR count). The van der Waals surface area contributed by atoms with Gasteiger partial charge in [-0.2, -0.15) is 18.3 Å². The van der Waals surface area contributed by atoms with Gasteiger partial charge in [0.05, 0.1) is 11.4 Å². The van der Waals surface area contributed by atoms with Crippen molar-refractivity contribution in [2.24, 2.45) is 5.73 Å².